The summed E-state index contributed by atoms with van der Waals surface area (Å²) in [5.74, 6) is 0.884. The van der Waals surface area contributed by atoms with Gasteiger partial charge in [0.25, 0.3) is 0 Å². The molecule has 0 aromatic carbocycles. The van der Waals surface area contributed by atoms with Crippen molar-refractivity contribution >= 4 is 17.4 Å². The normalized spacial score (nSPS) is 14.2. The van der Waals surface area contributed by atoms with E-state index >= 15 is 0 Å². The van der Waals surface area contributed by atoms with Gasteiger partial charge in [0.05, 0.1) is 6.54 Å². The third-order valence-corrected chi connectivity index (χ3v) is 2.76. The highest BCUT2D eigenvalue weighted by Crippen LogP contribution is 2.19. The van der Waals surface area contributed by atoms with Gasteiger partial charge in [0.15, 0.2) is 0 Å². The molecule has 5 nitrogen and oxygen atoms in total. The maximum atomic E-state index is 11.6. The number of anilines is 2. The first-order chi connectivity index (χ1) is 8.19. The van der Waals surface area contributed by atoms with Crippen molar-refractivity contribution in [2.75, 3.05) is 30.9 Å². The van der Waals surface area contributed by atoms with E-state index in [0.29, 0.717) is 12.6 Å². The molecule has 1 aliphatic rings. The number of likely N-dealkylation sites (N-methyl/N-ethyl adjacent to an activating group) is 1. The second-order valence-corrected chi connectivity index (χ2v) is 4.35. The number of rotatable bonds is 5. The van der Waals surface area contributed by atoms with Gasteiger partial charge < -0.3 is 15.5 Å². The summed E-state index contributed by atoms with van der Waals surface area (Å²) in [6.45, 7) is 0.379. The molecule has 0 radical (unpaired) electrons. The second kappa shape index (κ2) is 5.03. The number of aromatic nitrogens is 1. The lowest BCUT2D eigenvalue weighted by Gasteiger charge is -2.19. The Bertz CT molecular complexity index is 403. The number of amides is 1. The van der Waals surface area contributed by atoms with Crippen molar-refractivity contribution in [3.05, 3.63) is 18.3 Å². The average Bonchev–Trinajstić information content (AvgIpc) is 3.12. The monoisotopic (exact) mass is 234 g/mol. The van der Waals surface area contributed by atoms with Crippen molar-refractivity contribution in [2.24, 2.45) is 0 Å². The van der Waals surface area contributed by atoms with E-state index in [2.05, 4.69) is 15.6 Å². The van der Waals surface area contributed by atoms with E-state index in [4.69, 9.17) is 0 Å². The van der Waals surface area contributed by atoms with Crippen LogP contribution in [0.15, 0.2) is 18.3 Å². The van der Waals surface area contributed by atoms with E-state index in [9.17, 15) is 4.79 Å². The van der Waals surface area contributed by atoms with E-state index in [-0.39, 0.29) is 5.91 Å². The van der Waals surface area contributed by atoms with Crippen molar-refractivity contribution in [3.8, 4) is 0 Å². The van der Waals surface area contributed by atoms with Crippen molar-refractivity contribution in [3.63, 3.8) is 0 Å². The Kier molecular flexibility index (Phi) is 3.46. The third kappa shape index (κ3) is 3.34. The molecule has 1 aromatic rings. The molecule has 0 unspecified atom stereocenters. The summed E-state index contributed by atoms with van der Waals surface area (Å²) in [5.41, 5.74) is 0.982. The smallest absolute Gasteiger partial charge is 0.239 e. The molecule has 2 N–H and O–H groups in total. The molecule has 0 saturated heterocycles. The molecule has 5 heteroatoms. The largest absolute Gasteiger partial charge is 0.373 e. The van der Waals surface area contributed by atoms with Crippen LogP contribution < -0.4 is 15.5 Å². The van der Waals surface area contributed by atoms with E-state index in [1.165, 1.54) is 0 Å². The van der Waals surface area contributed by atoms with Crippen molar-refractivity contribution in [1.82, 2.24) is 10.3 Å². The van der Waals surface area contributed by atoms with Gasteiger partial charge in [-0.15, -0.1) is 0 Å². The summed E-state index contributed by atoms with van der Waals surface area (Å²) >= 11 is 0. The lowest BCUT2D eigenvalue weighted by Crippen LogP contribution is -2.36. The van der Waals surface area contributed by atoms with E-state index in [1.54, 1.807) is 6.20 Å². The van der Waals surface area contributed by atoms with Crippen LogP contribution in [0.5, 0.6) is 0 Å². The van der Waals surface area contributed by atoms with Gasteiger partial charge in [-0.05, 0) is 18.9 Å². The van der Waals surface area contributed by atoms with Crippen LogP contribution in [0.1, 0.15) is 12.8 Å². The van der Waals surface area contributed by atoms with E-state index < -0.39 is 0 Å². The molecular formula is C12H18N4O. The summed E-state index contributed by atoms with van der Waals surface area (Å²) in [5, 5.41) is 5.95. The number of nitrogens with zero attached hydrogens (tertiary/aromatic N) is 2. The third-order valence-electron chi connectivity index (χ3n) is 2.76. The Hall–Kier alpha value is -1.78. The van der Waals surface area contributed by atoms with Gasteiger partial charge in [-0.25, -0.2) is 4.98 Å². The summed E-state index contributed by atoms with van der Waals surface area (Å²) in [4.78, 5) is 17.7. The maximum Gasteiger partial charge on any atom is 0.239 e. The van der Waals surface area contributed by atoms with Crippen molar-refractivity contribution in [2.45, 2.75) is 18.9 Å². The van der Waals surface area contributed by atoms with Gasteiger partial charge in [0, 0.05) is 38.1 Å². The van der Waals surface area contributed by atoms with Crippen molar-refractivity contribution in [1.29, 1.82) is 0 Å². The molecule has 0 aliphatic heterocycles. The van der Waals surface area contributed by atoms with Gasteiger partial charge >= 0.3 is 0 Å². The zero-order valence-electron chi connectivity index (χ0n) is 10.2. The molecule has 2 rings (SSSR count). The van der Waals surface area contributed by atoms with Crippen molar-refractivity contribution < 1.29 is 4.79 Å². The predicted octanol–water partition coefficient (Wildman–Crippen LogP) is 0.838. The topological polar surface area (TPSA) is 57.3 Å². The van der Waals surface area contributed by atoms with Crippen LogP contribution >= 0.6 is 0 Å². The zero-order valence-corrected chi connectivity index (χ0v) is 10.2. The molecule has 0 spiro atoms. The number of pyridine rings is 1. The lowest BCUT2D eigenvalue weighted by atomic mass is 10.3. The molecule has 1 saturated carbocycles. The SMILES string of the molecule is CNc1cc(N(C)CC(=O)NC2CC2)ccn1. The van der Waals surface area contributed by atoms with Gasteiger partial charge in [-0.3, -0.25) is 4.79 Å². The summed E-state index contributed by atoms with van der Waals surface area (Å²) in [6, 6.07) is 4.23. The molecule has 92 valence electrons. The first-order valence-corrected chi connectivity index (χ1v) is 5.83. The molecule has 1 fully saturated rings. The zero-order chi connectivity index (χ0) is 12.3. The van der Waals surface area contributed by atoms with Gasteiger partial charge in [-0.2, -0.15) is 0 Å². The fourth-order valence-electron chi connectivity index (χ4n) is 1.60. The number of carbonyl (C=O) groups is 1. The molecular weight excluding hydrogens is 216 g/mol. The summed E-state index contributed by atoms with van der Waals surface area (Å²) < 4.78 is 0. The highest BCUT2D eigenvalue weighted by Gasteiger charge is 2.23. The van der Waals surface area contributed by atoms with Crippen LogP contribution in [-0.4, -0.2) is 37.6 Å². The second-order valence-electron chi connectivity index (χ2n) is 4.35. The molecule has 17 heavy (non-hydrogen) atoms. The van der Waals surface area contributed by atoms with Gasteiger partial charge in [-0.1, -0.05) is 0 Å². The fourth-order valence-corrected chi connectivity index (χ4v) is 1.60. The number of carbonyl (C=O) groups excluding carboxylic acids is 1. The van der Waals surface area contributed by atoms with Crippen LogP contribution in [0.25, 0.3) is 0 Å². The molecule has 1 heterocycles. The van der Waals surface area contributed by atoms with E-state index in [0.717, 1.165) is 24.3 Å². The highest BCUT2D eigenvalue weighted by atomic mass is 16.2. The van der Waals surface area contributed by atoms with Crippen LogP contribution in [0.2, 0.25) is 0 Å². The lowest BCUT2D eigenvalue weighted by molar-refractivity contribution is -0.119. The summed E-state index contributed by atoms with van der Waals surface area (Å²) in [6.07, 6.45) is 3.97. The van der Waals surface area contributed by atoms with Gasteiger partial charge in [0.2, 0.25) is 5.91 Å². The Labute approximate surface area is 101 Å². The van der Waals surface area contributed by atoms with Crippen LogP contribution in [0, 0.1) is 0 Å². The molecule has 1 aliphatic carbocycles. The number of hydrogen-bond acceptors (Lipinski definition) is 4. The molecule has 0 bridgehead atoms. The minimum Gasteiger partial charge on any atom is -0.373 e. The summed E-state index contributed by atoms with van der Waals surface area (Å²) in [7, 11) is 3.73. The number of hydrogen-bond donors (Lipinski definition) is 2. The predicted molar refractivity (Wildman–Crippen MR) is 68.2 cm³/mol. The molecule has 1 aromatic heterocycles. The standard InChI is InChI=1S/C12H18N4O/c1-13-11-7-10(5-6-14-11)16(2)8-12(17)15-9-3-4-9/h5-7,9H,3-4,8H2,1-2H3,(H,13,14)(H,15,17). The Morgan fingerprint density at radius 3 is 3.00 bits per heavy atom. The Balaban J connectivity index is 1.92. The van der Waals surface area contributed by atoms with Crippen LogP contribution in [0.4, 0.5) is 11.5 Å². The fraction of sp³-hybridized carbons (Fsp3) is 0.500. The van der Waals surface area contributed by atoms with E-state index in [1.807, 2.05) is 31.1 Å². The highest BCUT2D eigenvalue weighted by molar-refractivity contribution is 5.81. The molecule has 0 atom stereocenters. The quantitative estimate of drug-likeness (QED) is 0.792. The Morgan fingerprint density at radius 1 is 1.59 bits per heavy atom. The number of nitrogens with one attached hydrogen (secondary N) is 2. The molecule has 1 amide bonds. The maximum absolute atomic E-state index is 11.6. The first-order valence-electron chi connectivity index (χ1n) is 5.83. The average molecular weight is 234 g/mol. The minimum absolute atomic E-state index is 0.0813. The minimum atomic E-state index is 0.0813. The van der Waals surface area contributed by atoms with Gasteiger partial charge in [0.1, 0.15) is 5.82 Å². The first kappa shape index (κ1) is 11.7. The van der Waals surface area contributed by atoms with Crippen LogP contribution in [-0.2, 0) is 4.79 Å². The Morgan fingerprint density at radius 2 is 2.35 bits per heavy atom. The van der Waals surface area contributed by atoms with Crippen LogP contribution in [0.3, 0.4) is 0 Å².